The molecule has 0 radical (unpaired) electrons. The summed E-state index contributed by atoms with van der Waals surface area (Å²) in [5.41, 5.74) is 1.05. The predicted octanol–water partition coefficient (Wildman–Crippen LogP) is 2.56. The first-order valence-corrected chi connectivity index (χ1v) is 17.1. The Bertz CT molecular complexity index is 1270. The van der Waals surface area contributed by atoms with Gasteiger partial charge in [-0.15, -0.1) is 11.8 Å². The van der Waals surface area contributed by atoms with Gasteiger partial charge in [0, 0.05) is 63.7 Å². The van der Waals surface area contributed by atoms with E-state index >= 15 is 0 Å². The smallest absolute Gasteiger partial charge is 0.247 e. The molecule has 3 amide bonds. The van der Waals surface area contributed by atoms with Gasteiger partial charge in [-0.3, -0.25) is 19.3 Å². The van der Waals surface area contributed by atoms with Crippen LogP contribution in [0, 0.1) is 11.8 Å². The van der Waals surface area contributed by atoms with E-state index in [2.05, 4.69) is 36.1 Å². The molecule has 44 heavy (non-hydrogen) atoms. The maximum atomic E-state index is 14.6. The van der Waals surface area contributed by atoms with Gasteiger partial charge in [-0.05, 0) is 25.3 Å². The highest BCUT2D eigenvalue weighted by Crippen LogP contribution is 2.65. The minimum atomic E-state index is -0.817. The maximum Gasteiger partial charge on any atom is 0.247 e. The van der Waals surface area contributed by atoms with Gasteiger partial charge in [0.1, 0.15) is 6.04 Å². The second kappa shape index (κ2) is 13.4. The van der Waals surface area contributed by atoms with Crippen LogP contribution in [0.15, 0.2) is 54.6 Å². The third kappa shape index (κ3) is 5.86. The topological polar surface area (TPSA) is 93.6 Å². The molecule has 3 fully saturated rings. The summed E-state index contributed by atoms with van der Waals surface area (Å²) in [5.74, 6) is -1.29. The fourth-order valence-corrected chi connectivity index (χ4v) is 10.00. The highest BCUT2D eigenvalue weighted by molar-refractivity contribution is 8.02. The van der Waals surface area contributed by atoms with E-state index in [0.29, 0.717) is 45.9 Å². The molecule has 1 N–H and O–H groups in total. The zero-order valence-electron chi connectivity index (χ0n) is 25.8. The monoisotopic (exact) mass is 622 g/mol. The van der Waals surface area contributed by atoms with Crippen molar-refractivity contribution in [3.05, 3.63) is 60.2 Å². The number of morpholine rings is 1. The Hall–Kier alpha value is -2.66. The molecule has 3 saturated heterocycles. The molecule has 5 aliphatic heterocycles. The molecule has 10 heteroatoms. The summed E-state index contributed by atoms with van der Waals surface area (Å²) in [4.78, 5) is 51.6. The molecule has 5 aliphatic rings. The Morgan fingerprint density at radius 2 is 1.57 bits per heavy atom. The summed E-state index contributed by atoms with van der Waals surface area (Å²) in [5, 5.41) is 9.24. The number of likely N-dealkylation sites (tertiary alicyclic amines) is 1. The first kappa shape index (κ1) is 31.3. The largest absolute Gasteiger partial charge is 0.396 e. The van der Waals surface area contributed by atoms with Crippen LogP contribution in [0.3, 0.4) is 0 Å². The standard InChI is InChI=1S/C34H46N4O5S/c1-33-13-9-16-37(25-26-11-5-4-6-12-26)30(40)27(33)28-31(41)38(17-7-2-3-8-22-39)29-32(42)36(15-10-14-34(28,29)44-33)19-18-35-20-23-43-24-21-35/h4-6,9-14,27-29,39H,2-3,7-8,15-25H2,1H3/t27-,28+,29?,33+,34+/m1/s1. The number of hydrogen-bond acceptors (Lipinski definition) is 7. The number of carbonyl (C=O) groups is 3. The number of carbonyl (C=O) groups excluding carboxylic acids is 3. The second-order valence-corrected chi connectivity index (χ2v) is 14.7. The van der Waals surface area contributed by atoms with Crippen LogP contribution < -0.4 is 0 Å². The van der Waals surface area contributed by atoms with Crippen LogP contribution in [-0.4, -0.2) is 124 Å². The van der Waals surface area contributed by atoms with Crippen LogP contribution in [0.4, 0.5) is 0 Å². The summed E-state index contributed by atoms with van der Waals surface area (Å²) in [6.45, 7) is 8.68. The number of benzene rings is 1. The molecule has 6 rings (SSSR count). The van der Waals surface area contributed by atoms with Crippen molar-refractivity contribution in [3.63, 3.8) is 0 Å². The van der Waals surface area contributed by atoms with Gasteiger partial charge in [0.25, 0.3) is 0 Å². The number of rotatable bonds is 11. The van der Waals surface area contributed by atoms with E-state index in [4.69, 9.17) is 4.74 Å². The lowest BCUT2D eigenvalue weighted by atomic mass is 9.74. The first-order valence-electron chi connectivity index (χ1n) is 16.3. The van der Waals surface area contributed by atoms with Crippen molar-refractivity contribution in [2.75, 3.05) is 65.6 Å². The number of ether oxygens (including phenoxy) is 1. The molecule has 1 spiro atoms. The lowest BCUT2D eigenvalue weighted by Crippen LogP contribution is -2.54. The average molecular weight is 623 g/mol. The molecule has 0 aromatic heterocycles. The van der Waals surface area contributed by atoms with Gasteiger partial charge in [0.05, 0.1) is 29.8 Å². The molecule has 0 bridgehead atoms. The van der Waals surface area contributed by atoms with Crippen molar-refractivity contribution in [1.82, 2.24) is 19.6 Å². The quantitative estimate of drug-likeness (QED) is 0.300. The van der Waals surface area contributed by atoms with E-state index in [9.17, 15) is 19.5 Å². The van der Waals surface area contributed by atoms with Crippen LogP contribution in [0.1, 0.15) is 38.2 Å². The number of thioether (sulfide) groups is 1. The minimum absolute atomic E-state index is 0.0121. The molecule has 238 valence electrons. The van der Waals surface area contributed by atoms with Gasteiger partial charge < -0.3 is 24.5 Å². The zero-order valence-corrected chi connectivity index (χ0v) is 26.6. The molecule has 1 aromatic carbocycles. The van der Waals surface area contributed by atoms with Gasteiger partial charge >= 0.3 is 0 Å². The lowest BCUT2D eigenvalue weighted by Gasteiger charge is -2.37. The highest BCUT2D eigenvalue weighted by atomic mass is 32.2. The van der Waals surface area contributed by atoms with Crippen LogP contribution in [0.2, 0.25) is 0 Å². The van der Waals surface area contributed by atoms with Crippen molar-refractivity contribution < 1.29 is 24.2 Å². The number of hydrogen-bond donors (Lipinski definition) is 1. The maximum absolute atomic E-state index is 14.6. The average Bonchev–Trinajstić information content (AvgIpc) is 3.30. The van der Waals surface area contributed by atoms with E-state index in [0.717, 1.165) is 50.9 Å². The predicted molar refractivity (Wildman–Crippen MR) is 171 cm³/mol. The van der Waals surface area contributed by atoms with Crippen molar-refractivity contribution in [3.8, 4) is 0 Å². The summed E-state index contributed by atoms with van der Waals surface area (Å²) in [6, 6.07) is 9.33. The van der Waals surface area contributed by atoms with E-state index in [1.807, 2.05) is 45.0 Å². The third-order valence-electron chi connectivity index (χ3n) is 10.0. The Labute approximate surface area is 265 Å². The Balaban J connectivity index is 1.31. The number of amides is 3. The summed E-state index contributed by atoms with van der Waals surface area (Å²) >= 11 is 1.65. The van der Waals surface area contributed by atoms with Crippen molar-refractivity contribution in [2.45, 2.75) is 54.7 Å². The summed E-state index contributed by atoms with van der Waals surface area (Å²) in [6.07, 6.45) is 11.6. The molecule has 1 unspecified atom stereocenters. The normalized spacial score (nSPS) is 32.1. The molecule has 5 atom stereocenters. The Morgan fingerprint density at radius 1 is 0.841 bits per heavy atom. The zero-order chi connectivity index (χ0) is 30.7. The van der Waals surface area contributed by atoms with Crippen LogP contribution >= 0.6 is 11.8 Å². The van der Waals surface area contributed by atoms with Gasteiger partial charge in [-0.1, -0.05) is 67.5 Å². The summed E-state index contributed by atoms with van der Waals surface area (Å²) in [7, 11) is 0. The fraction of sp³-hybridized carbons (Fsp3) is 0.618. The number of aliphatic hydroxyl groups excluding tert-OH is 1. The van der Waals surface area contributed by atoms with E-state index < -0.39 is 27.4 Å². The highest BCUT2D eigenvalue weighted by Gasteiger charge is 2.73. The van der Waals surface area contributed by atoms with Crippen molar-refractivity contribution in [2.24, 2.45) is 11.8 Å². The van der Waals surface area contributed by atoms with Crippen molar-refractivity contribution >= 4 is 29.5 Å². The first-order chi connectivity index (χ1) is 21.4. The van der Waals surface area contributed by atoms with Gasteiger partial charge in [-0.2, -0.15) is 0 Å². The molecule has 1 aromatic rings. The summed E-state index contributed by atoms with van der Waals surface area (Å²) < 4.78 is 4.08. The van der Waals surface area contributed by atoms with E-state index in [1.165, 1.54) is 0 Å². The number of nitrogens with zero attached hydrogens (tertiary/aromatic N) is 4. The van der Waals surface area contributed by atoms with Crippen molar-refractivity contribution in [1.29, 1.82) is 0 Å². The van der Waals surface area contributed by atoms with Crippen LogP contribution in [-0.2, 0) is 25.7 Å². The fourth-order valence-electron chi connectivity index (χ4n) is 7.84. The SMILES string of the molecule is C[C@]12C=CCN(Cc3ccccc3)C(=O)[C@H]1[C@H]1C(=O)N(CCCCCCO)C3C(=O)N(CCN4CCOCC4)CC=C[C@@]31S2. The number of aliphatic hydroxyl groups is 1. The van der Waals surface area contributed by atoms with Gasteiger partial charge in [-0.25, -0.2) is 0 Å². The van der Waals surface area contributed by atoms with Crippen LogP contribution in [0.25, 0.3) is 0 Å². The van der Waals surface area contributed by atoms with E-state index in [1.54, 1.807) is 11.8 Å². The molecule has 9 nitrogen and oxygen atoms in total. The molecular weight excluding hydrogens is 576 g/mol. The van der Waals surface area contributed by atoms with Gasteiger partial charge in [0.15, 0.2) is 0 Å². The molecular formula is C34H46N4O5S. The second-order valence-electron chi connectivity index (χ2n) is 12.9. The van der Waals surface area contributed by atoms with E-state index in [-0.39, 0.29) is 24.3 Å². The third-order valence-corrected chi connectivity index (χ3v) is 11.8. The Kier molecular flexibility index (Phi) is 9.52. The number of fused-ring (bicyclic) bond motifs is 2. The van der Waals surface area contributed by atoms with Gasteiger partial charge in [0.2, 0.25) is 17.7 Å². The lowest BCUT2D eigenvalue weighted by molar-refractivity contribution is -0.145. The number of unbranched alkanes of at least 4 members (excludes halogenated alkanes) is 3. The molecule has 0 aliphatic carbocycles. The molecule has 5 heterocycles. The minimum Gasteiger partial charge on any atom is -0.396 e. The molecule has 0 saturated carbocycles. The Morgan fingerprint density at radius 3 is 2.34 bits per heavy atom. The van der Waals surface area contributed by atoms with Crippen LogP contribution in [0.5, 0.6) is 0 Å².